The van der Waals surface area contributed by atoms with Crippen LogP contribution in [0.5, 0.6) is 0 Å². The highest BCUT2D eigenvalue weighted by Crippen LogP contribution is 2.26. The number of nitrogens with two attached hydrogens (primary N) is 2. The van der Waals surface area contributed by atoms with Crippen LogP contribution in [0.4, 0.5) is 0 Å². The van der Waals surface area contributed by atoms with E-state index in [9.17, 15) is 14.7 Å². The lowest BCUT2D eigenvalue weighted by Gasteiger charge is -2.32. The number of rotatable bonds is 5. The molecule has 7 nitrogen and oxygen atoms in total. The maximum atomic E-state index is 12.9. The maximum Gasteiger partial charge on any atom is 0.243 e. The first-order chi connectivity index (χ1) is 13.8. The molecule has 1 heterocycles. The third-order valence-electron chi connectivity index (χ3n) is 5.48. The van der Waals surface area contributed by atoms with Crippen molar-refractivity contribution in [3.05, 3.63) is 41.1 Å². The molecule has 0 bridgehead atoms. The molecular formula is C22H34N4O3S. The van der Waals surface area contributed by atoms with Crippen molar-refractivity contribution in [3.63, 3.8) is 0 Å². The van der Waals surface area contributed by atoms with Crippen LogP contribution in [0.25, 0.3) is 4.91 Å². The van der Waals surface area contributed by atoms with Crippen LogP contribution < -0.4 is 16.8 Å². The molecule has 1 aliphatic heterocycles. The quantitative estimate of drug-likeness (QED) is 0.452. The number of hydrogen-bond donors (Lipinski definition) is 5. The fourth-order valence-corrected chi connectivity index (χ4v) is 3.55. The average molecular weight is 435 g/mol. The third kappa shape index (κ3) is 5.56. The van der Waals surface area contributed by atoms with Gasteiger partial charge in [0.2, 0.25) is 11.8 Å². The zero-order chi connectivity index (χ0) is 22.8. The molecule has 4 atom stereocenters. The second-order valence-electron chi connectivity index (χ2n) is 9.12. The molecular weight excluding hydrogens is 400 g/mol. The van der Waals surface area contributed by atoms with Crippen molar-refractivity contribution in [2.75, 3.05) is 6.54 Å². The largest absolute Gasteiger partial charge is 0.401 e. The number of thiol groups is 1. The van der Waals surface area contributed by atoms with Crippen LogP contribution in [0.3, 0.4) is 0 Å². The number of carbonyl (C=O) groups is 2. The first kappa shape index (κ1) is 24.2. The molecule has 1 aromatic rings. The van der Waals surface area contributed by atoms with Crippen molar-refractivity contribution in [1.29, 1.82) is 0 Å². The average Bonchev–Trinajstić information content (AvgIpc) is 3.07. The lowest BCUT2D eigenvalue weighted by Crippen LogP contribution is -2.55. The van der Waals surface area contributed by atoms with Gasteiger partial charge in [-0.25, -0.2) is 0 Å². The molecule has 8 heteroatoms. The highest BCUT2D eigenvalue weighted by molar-refractivity contribution is 7.90. The molecule has 0 saturated carbocycles. The van der Waals surface area contributed by atoms with Gasteiger partial charge in [-0.3, -0.25) is 9.59 Å². The molecule has 0 radical (unpaired) electrons. The van der Waals surface area contributed by atoms with Crippen molar-refractivity contribution in [1.82, 2.24) is 10.2 Å². The molecule has 0 spiro atoms. The van der Waals surface area contributed by atoms with Crippen molar-refractivity contribution >= 4 is 29.3 Å². The van der Waals surface area contributed by atoms with E-state index in [2.05, 4.69) is 17.9 Å². The normalized spacial score (nSPS) is 22.3. The SMILES string of the molecule is C/C(N)=C(/S)c1ccc([C@H](C)NC(=O)[C@@H]2C[C@@H](O)CN2C(=O)[C@@H](N)C(C)(C)C)cc1. The molecule has 0 aliphatic carbocycles. The van der Waals surface area contributed by atoms with Crippen LogP contribution in [0.1, 0.15) is 58.2 Å². The van der Waals surface area contributed by atoms with E-state index in [-0.39, 0.29) is 30.8 Å². The number of allylic oxidation sites excluding steroid dienone is 1. The molecule has 166 valence electrons. The minimum atomic E-state index is -0.752. The minimum absolute atomic E-state index is 0.110. The first-order valence-corrected chi connectivity index (χ1v) is 10.6. The number of nitrogens with one attached hydrogen (secondary N) is 1. The number of hydrogen-bond acceptors (Lipinski definition) is 6. The topological polar surface area (TPSA) is 122 Å². The van der Waals surface area contributed by atoms with E-state index in [0.717, 1.165) is 11.1 Å². The van der Waals surface area contributed by atoms with Crippen LogP contribution in [0.2, 0.25) is 0 Å². The van der Waals surface area contributed by atoms with E-state index in [0.29, 0.717) is 10.6 Å². The molecule has 1 aliphatic rings. The summed E-state index contributed by atoms with van der Waals surface area (Å²) in [5, 5.41) is 13.0. The fourth-order valence-electron chi connectivity index (χ4n) is 3.41. The Balaban J connectivity index is 2.11. The molecule has 1 saturated heterocycles. The lowest BCUT2D eigenvalue weighted by atomic mass is 9.86. The number of likely N-dealkylation sites (tertiary alicyclic amines) is 1. The molecule has 6 N–H and O–H groups in total. The monoisotopic (exact) mass is 434 g/mol. The van der Waals surface area contributed by atoms with Gasteiger partial charge in [0.15, 0.2) is 0 Å². The number of carbonyl (C=O) groups excluding carboxylic acids is 2. The first-order valence-electron chi connectivity index (χ1n) is 10.1. The number of aliphatic hydroxyl groups excluding tert-OH is 1. The van der Waals surface area contributed by atoms with Crippen molar-refractivity contribution in [2.24, 2.45) is 16.9 Å². The van der Waals surface area contributed by atoms with Gasteiger partial charge < -0.3 is 26.8 Å². The second-order valence-corrected chi connectivity index (χ2v) is 9.57. The molecule has 0 aromatic heterocycles. The summed E-state index contributed by atoms with van der Waals surface area (Å²) in [4.78, 5) is 27.9. The number of benzene rings is 1. The second kappa shape index (κ2) is 9.41. The Kier molecular flexibility index (Phi) is 7.60. The Morgan fingerprint density at radius 1 is 1.27 bits per heavy atom. The number of amides is 2. The van der Waals surface area contributed by atoms with Crippen LogP contribution in [0, 0.1) is 5.41 Å². The van der Waals surface area contributed by atoms with Crippen molar-refractivity contribution in [3.8, 4) is 0 Å². The van der Waals surface area contributed by atoms with Crippen molar-refractivity contribution < 1.29 is 14.7 Å². The summed E-state index contributed by atoms with van der Waals surface area (Å²) in [6.45, 7) is 9.39. The number of aliphatic hydroxyl groups is 1. The highest BCUT2D eigenvalue weighted by Gasteiger charge is 2.42. The molecule has 1 aromatic carbocycles. The highest BCUT2D eigenvalue weighted by atomic mass is 32.1. The summed E-state index contributed by atoms with van der Waals surface area (Å²) in [6.07, 6.45) is -0.546. The Morgan fingerprint density at radius 2 is 1.83 bits per heavy atom. The van der Waals surface area contributed by atoms with Gasteiger partial charge in [-0.1, -0.05) is 45.0 Å². The van der Waals surface area contributed by atoms with Gasteiger partial charge in [0.1, 0.15) is 6.04 Å². The van der Waals surface area contributed by atoms with Crippen LogP contribution in [-0.4, -0.2) is 46.6 Å². The van der Waals surface area contributed by atoms with Crippen LogP contribution >= 0.6 is 12.6 Å². The predicted octanol–water partition coefficient (Wildman–Crippen LogP) is 1.78. The third-order valence-corrected chi connectivity index (χ3v) is 6.09. The Morgan fingerprint density at radius 3 is 2.33 bits per heavy atom. The van der Waals surface area contributed by atoms with Crippen LogP contribution in [-0.2, 0) is 9.59 Å². The standard InChI is InChI=1S/C22H34N4O3S/c1-12(23)18(30)15-8-6-14(7-9-15)13(2)25-20(28)17-10-16(27)11-26(17)21(29)19(24)22(3,4)5/h6-9,13,16-17,19,27,30H,10-11,23-24H2,1-5H3,(H,25,28)/b18-12-/t13-,16+,17-,19+/m0/s1. The molecule has 30 heavy (non-hydrogen) atoms. The molecule has 0 unspecified atom stereocenters. The Labute approximate surface area is 184 Å². The molecule has 2 rings (SSSR count). The van der Waals surface area contributed by atoms with E-state index in [4.69, 9.17) is 11.5 Å². The minimum Gasteiger partial charge on any atom is -0.401 e. The zero-order valence-corrected chi connectivity index (χ0v) is 19.2. The van der Waals surface area contributed by atoms with E-state index in [1.54, 1.807) is 6.92 Å². The number of nitrogens with zero attached hydrogens (tertiary/aromatic N) is 1. The van der Waals surface area contributed by atoms with E-state index < -0.39 is 23.6 Å². The van der Waals surface area contributed by atoms with Gasteiger partial charge in [0.25, 0.3) is 0 Å². The van der Waals surface area contributed by atoms with E-state index in [1.807, 2.05) is 52.0 Å². The van der Waals surface area contributed by atoms with Gasteiger partial charge in [0.05, 0.1) is 18.2 Å². The van der Waals surface area contributed by atoms with Gasteiger partial charge in [-0.05, 0) is 30.4 Å². The summed E-state index contributed by atoms with van der Waals surface area (Å²) in [6, 6.07) is 5.83. The summed E-state index contributed by atoms with van der Waals surface area (Å²) in [5.74, 6) is -0.619. The fraction of sp³-hybridized carbons (Fsp3) is 0.545. The summed E-state index contributed by atoms with van der Waals surface area (Å²) >= 11 is 4.40. The molecule has 2 amide bonds. The van der Waals surface area contributed by atoms with Crippen LogP contribution in [0.15, 0.2) is 30.0 Å². The Bertz CT molecular complexity index is 813. The van der Waals surface area contributed by atoms with Gasteiger partial charge in [-0.2, -0.15) is 0 Å². The number of β-amino-alcohol motifs (C(OH)–C–C–N with tert-alkyl or cyclic N) is 1. The smallest absolute Gasteiger partial charge is 0.243 e. The maximum absolute atomic E-state index is 12.9. The van der Waals surface area contributed by atoms with E-state index in [1.165, 1.54) is 4.90 Å². The van der Waals surface area contributed by atoms with E-state index >= 15 is 0 Å². The zero-order valence-electron chi connectivity index (χ0n) is 18.3. The summed E-state index contributed by atoms with van der Waals surface area (Å²) in [5.41, 5.74) is 13.9. The van der Waals surface area contributed by atoms with Crippen molar-refractivity contribution in [2.45, 2.75) is 65.3 Å². The van der Waals surface area contributed by atoms with Gasteiger partial charge in [-0.15, -0.1) is 12.6 Å². The predicted molar refractivity (Wildman–Crippen MR) is 122 cm³/mol. The lowest BCUT2D eigenvalue weighted by molar-refractivity contribution is -0.141. The summed E-state index contributed by atoms with van der Waals surface area (Å²) < 4.78 is 0. The van der Waals surface area contributed by atoms with Gasteiger partial charge >= 0.3 is 0 Å². The molecule has 1 fully saturated rings. The Hall–Kier alpha value is -2.03. The summed E-state index contributed by atoms with van der Waals surface area (Å²) in [7, 11) is 0. The van der Waals surface area contributed by atoms with Gasteiger partial charge in [0, 0.05) is 23.6 Å².